The van der Waals surface area contributed by atoms with Gasteiger partial charge in [0.05, 0.1) is 16.3 Å². The number of carboxylic acids is 1. The molecule has 0 radical (unpaired) electrons. The van der Waals surface area contributed by atoms with E-state index in [-0.39, 0.29) is 21.2 Å². The predicted octanol–water partition coefficient (Wildman–Crippen LogP) is 3.30. The zero-order valence-corrected chi connectivity index (χ0v) is 9.35. The highest BCUT2D eigenvalue weighted by Gasteiger charge is 2.15. The van der Waals surface area contributed by atoms with Crippen LogP contribution in [-0.4, -0.2) is 15.4 Å². The van der Waals surface area contributed by atoms with Gasteiger partial charge in [0.25, 0.3) is 0 Å². The molecular weight excluding hydrogens is 253 g/mol. The number of nitrogens with zero attached hydrogens (tertiary/aromatic N) is 1. The van der Waals surface area contributed by atoms with E-state index in [0.717, 1.165) is 11.5 Å². The lowest BCUT2D eigenvalue weighted by Crippen LogP contribution is -1.90. The van der Waals surface area contributed by atoms with Crippen LogP contribution in [0.3, 0.4) is 0 Å². The van der Waals surface area contributed by atoms with Crippen molar-refractivity contribution in [2.75, 3.05) is 0 Å². The lowest BCUT2D eigenvalue weighted by atomic mass is 10.1. The molecule has 1 heterocycles. The summed E-state index contributed by atoms with van der Waals surface area (Å²) in [5.41, 5.74) is 0.374. The summed E-state index contributed by atoms with van der Waals surface area (Å²) in [6, 6.07) is 5.56. The Kier molecular flexibility index (Phi) is 2.89. The molecule has 0 fully saturated rings. The molecule has 0 saturated carbocycles. The molecule has 2 aromatic rings. The van der Waals surface area contributed by atoms with Crippen molar-refractivity contribution in [1.82, 2.24) is 4.37 Å². The second-order valence-corrected chi connectivity index (χ2v) is 4.19. The number of halogens is 2. The number of aromatic nitrogens is 1. The van der Waals surface area contributed by atoms with Crippen molar-refractivity contribution in [3.63, 3.8) is 0 Å². The molecule has 1 aromatic heterocycles. The Balaban J connectivity index is 2.54. The van der Waals surface area contributed by atoms with Gasteiger partial charge in [-0.3, -0.25) is 0 Å². The lowest BCUT2D eigenvalue weighted by molar-refractivity contribution is 0.0702. The molecule has 0 unspecified atom stereocenters. The molecule has 16 heavy (non-hydrogen) atoms. The average molecular weight is 258 g/mol. The van der Waals surface area contributed by atoms with Gasteiger partial charge in [-0.25, -0.2) is 9.18 Å². The molecule has 2 rings (SSSR count). The highest BCUT2D eigenvalue weighted by molar-refractivity contribution is 7.08. The van der Waals surface area contributed by atoms with E-state index in [1.807, 2.05) is 0 Å². The summed E-state index contributed by atoms with van der Waals surface area (Å²) in [4.78, 5) is 10.7. The van der Waals surface area contributed by atoms with Gasteiger partial charge in [0.15, 0.2) is 0 Å². The van der Waals surface area contributed by atoms with Crippen LogP contribution >= 0.6 is 23.1 Å². The third kappa shape index (κ3) is 1.91. The van der Waals surface area contributed by atoms with Gasteiger partial charge in [0, 0.05) is 0 Å². The molecule has 3 nitrogen and oxygen atoms in total. The number of rotatable bonds is 2. The van der Waals surface area contributed by atoms with Crippen molar-refractivity contribution in [2.45, 2.75) is 0 Å². The first kappa shape index (κ1) is 11.0. The van der Waals surface area contributed by atoms with Crippen LogP contribution in [0.4, 0.5) is 4.39 Å². The Hall–Kier alpha value is -1.46. The van der Waals surface area contributed by atoms with Gasteiger partial charge in [-0.2, -0.15) is 4.37 Å². The van der Waals surface area contributed by atoms with E-state index >= 15 is 0 Å². The largest absolute Gasteiger partial charge is 0.477 e. The van der Waals surface area contributed by atoms with Crippen molar-refractivity contribution in [1.29, 1.82) is 0 Å². The maximum atomic E-state index is 13.5. The molecule has 0 saturated heterocycles. The molecule has 0 spiro atoms. The van der Waals surface area contributed by atoms with E-state index in [9.17, 15) is 9.18 Å². The van der Waals surface area contributed by atoms with E-state index in [1.54, 1.807) is 0 Å². The Morgan fingerprint density at radius 1 is 1.50 bits per heavy atom. The van der Waals surface area contributed by atoms with Gasteiger partial charge in [-0.15, -0.1) is 0 Å². The van der Waals surface area contributed by atoms with E-state index in [0.29, 0.717) is 0 Å². The topological polar surface area (TPSA) is 50.2 Å². The van der Waals surface area contributed by atoms with Crippen LogP contribution < -0.4 is 0 Å². The Morgan fingerprint density at radius 3 is 2.81 bits per heavy atom. The number of hydrogen-bond acceptors (Lipinski definition) is 3. The Labute approximate surface area is 99.3 Å². The fourth-order valence-corrected chi connectivity index (χ4v) is 2.08. The fourth-order valence-electron chi connectivity index (χ4n) is 1.24. The van der Waals surface area contributed by atoms with Crippen LogP contribution in [0, 0.1) is 5.82 Å². The third-order valence-corrected chi connectivity index (χ3v) is 3.03. The molecule has 0 amide bonds. The van der Waals surface area contributed by atoms with Crippen molar-refractivity contribution < 1.29 is 14.3 Å². The lowest BCUT2D eigenvalue weighted by Gasteiger charge is -2.00. The van der Waals surface area contributed by atoms with Crippen molar-refractivity contribution in [3.8, 4) is 11.3 Å². The van der Waals surface area contributed by atoms with Crippen molar-refractivity contribution in [2.24, 2.45) is 0 Å². The zero-order chi connectivity index (χ0) is 11.7. The summed E-state index contributed by atoms with van der Waals surface area (Å²) in [5.74, 6) is -1.61. The quantitative estimate of drug-likeness (QED) is 0.898. The van der Waals surface area contributed by atoms with Gasteiger partial charge in [-0.05, 0) is 29.7 Å². The van der Waals surface area contributed by atoms with E-state index in [2.05, 4.69) is 4.37 Å². The normalized spacial score (nSPS) is 10.4. The molecule has 6 heteroatoms. The standard InChI is InChI=1S/C10H5ClFNO2S/c11-5-2-1-3-6(12)9(5)7-4-8(10(14)15)16-13-7/h1-4H,(H,14,15). The Bertz CT molecular complexity index is 535. The van der Waals surface area contributed by atoms with Crippen molar-refractivity contribution >= 4 is 29.1 Å². The third-order valence-electron chi connectivity index (χ3n) is 1.94. The summed E-state index contributed by atoms with van der Waals surface area (Å²) < 4.78 is 17.3. The summed E-state index contributed by atoms with van der Waals surface area (Å²) >= 11 is 6.63. The first-order valence-electron chi connectivity index (χ1n) is 4.24. The predicted molar refractivity (Wildman–Crippen MR) is 59.5 cm³/mol. The number of aromatic carboxylic acids is 1. The fraction of sp³-hybridized carbons (Fsp3) is 0. The minimum absolute atomic E-state index is 0.0503. The van der Waals surface area contributed by atoms with E-state index in [4.69, 9.17) is 16.7 Å². The highest BCUT2D eigenvalue weighted by Crippen LogP contribution is 2.31. The Morgan fingerprint density at radius 2 is 2.25 bits per heavy atom. The molecule has 1 N–H and O–H groups in total. The minimum atomic E-state index is -1.09. The molecule has 0 bridgehead atoms. The van der Waals surface area contributed by atoms with Gasteiger partial charge < -0.3 is 5.11 Å². The van der Waals surface area contributed by atoms with Crippen LogP contribution in [0.1, 0.15) is 9.67 Å². The summed E-state index contributed by atoms with van der Waals surface area (Å²) in [5, 5.41) is 8.94. The second kappa shape index (κ2) is 4.19. The summed E-state index contributed by atoms with van der Waals surface area (Å²) in [6.07, 6.45) is 0. The van der Waals surface area contributed by atoms with Crippen LogP contribution in [0.2, 0.25) is 5.02 Å². The van der Waals surface area contributed by atoms with Crippen LogP contribution in [0.15, 0.2) is 24.3 Å². The van der Waals surface area contributed by atoms with Crippen LogP contribution in [0.5, 0.6) is 0 Å². The number of carbonyl (C=O) groups is 1. The number of benzene rings is 1. The van der Waals surface area contributed by atoms with Gasteiger partial charge in [0.1, 0.15) is 10.7 Å². The summed E-state index contributed by atoms with van der Waals surface area (Å²) in [6.45, 7) is 0. The maximum absolute atomic E-state index is 13.5. The SMILES string of the molecule is O=C(O)c1cc(-c2c(F)cccc2Cl)ns1. The van der Waals surface area contributed by atoms with Crippen molar-refractivity contribution in [3.05, 3.63) is 40.0 Å². The average Bonchev–Trinajstić information content (AvgIpc) is 2.66. The number of carboxylic acid groups (broad SMARTS) is 1. The molecule has 0 aliphatic rings. The maximum Gasteiger partial charge on any atom is 0.347 e. The molecule has 0 atom stereocenters. The number of hydrogen-bond donors (Lipinski definition) is 1. The van der Waals surface area contributed by atoms with Crippen LogP contribution in [-0.2, 0) is 0 Å². The molecule has 0 aliphatic carbocycles. The van der Waals surface area contributed by atoms with E-state index < -0.39 is 11.8 Å². The summed E-state index contributed by atoms with van der Waals surface area (Å²) in [7, 11) is 0. The monoisotopic (exact) mass is 257 g/mol. The minimum Gasteiger partial charge on any atom is -0.477 e. The van der Waals surface area contributed by atoms with E-state index in [1.165, 1.54) is 24.3 Å². The highest BCUT2D eigenvalue weighted by atomic mass is 35.5. The van der Waals surface area contributed by atoms with Crippen LogP contribution in [0.25, 0.3) is 11.3 Å². The first-order chi connectivity index (χ1) is 7.59. The van der Waals surface area contributed by atoms with Gasteiger partial charge in [0.2, 0.25) is 0 Å². The van der Waals surface area contributed by atoms with Gasteiger partial charge >= 0.3 is 5.97 Å². The second-order valence-electron chi connectivity index (χ2n) is 2.98. The smallest absolute Gasteiger partial charge is 0.347 e. The zero-order valence-electron chi connectivity index (χ0n) is 7.78. The molecule has 82 valence electrons. The van der Waals surface area contributed by atoms with Gasteiger partial charge in [-0.1, -0.05) is 17.7 Å². The first-order valence-corrected chi connectivity index (χ1v) is 5.39. The molecule has 1 aromatic carbocycles. The molecular formula is C10H5ClFNO2S. The molecule has 0 aliphatic heterocycles.